The van der Waals surface area contributed by atoms with Crippen LogP contribution in [0.5, 0.6) is 5.75 Å². The average Bonchev–Trinajstić information content (AvgIpc) is 2.86. The molecular weight excluding hydrogens is 295 g/mol. The molecule has 3 nitrogen and oxygen atoms in total. The molecule has 1 atom stereocenters. The maximum atomic E-state index is 6.06. The van der Waals surface area contributed by atoms with E-state index >= 15 is 0 Å². The summed E-state index contributed by atoms with van der Waals surface area (Å²) in [7, 11) is 0. The molecule has 1 unspecified atom stereocenters. The van der Waals surface area contributed by atoms with E-state index in [0.29, 0.717) is 10.0 Å². The number of hydrogen-bond acceptors (Lipinski definition) is 3. The number of nitrogens with one attached hydrogen (secondary N) is 1. The summed E-state index contributed by atoms with van der Waals surface area (Å²) in [6.45, 7) is 0.739. The molecule has 1 aliphatic heterocycles. The first-order valence-corrected chi connectivity index (χ1v) is 7.11. The summed E-state index contributed by atoms with van der Waals surface area (Å²) in [5.74, 6) is 6.67. The first kappa shape index (κ1) is 13.7. The minimum absolute atomic E-state index is 0.155. The van der Waals surface area contributed by atoms with Crippen molar-refractivity contribution in [3.63, 3.8) is 0 Å². The van der Waals surface area contributed by atoms with E-state index in [-0.39, 0.29) is 6.04 Å². The summed E-state index contributed by atoms with van der Waals surface area (Å²) in [6, 6.07) is 11.4. The van der Waals surface area contributed by atoms with Crippen LogP contribution in [0.1, 0.15) is 22.7 Å². The Bertz CT molecular complexity index is 626. The lowest BCUT2D eigenvalue weighted by Gasteiger charge is -2.18. The van der Waals surface area contributed by atoms with Crippen molar-refractivity contribution >= 4 is 23.2 Å². The SMILES string of the molecule is NNC(c1cc(Cl)cc(Cl)c1)c1ccc2c(c1)CCO2. The Labute approximate surface area is 127 Å². The fourth-order valence-electron chi connectivity index (χ4n) is 2.51. The molecule has 2 aromatic carbocycles. The monoisotopic (exact) mass is 308 g/mol. The second kappa shape index (κ2) is 5.62. The third-order valence-corrected chi connectivity index (χ3v) is 3.87. The topological polar surface area (TPSA) is 47.3 Å². The lowest BCUT2D eigenvalue weighted by atomic mass is 9.97. The third-order valence-electron chi connectivity index (χ3n) is 3.43. The first-order chi connectivity index (χ1) is 9.67. The molecule has 0 radical (unpaired) electrons. The van der Waals surface area contributed by atoms with Gasteiger partial charge in [0.1, 0.15) is 5.75 Å². The lowest BCUT2D eigenvalue weighted by molar-refractivity contribution is 0.357. The van der Waals surface area contributed by atoms with Crippen molar-refractivity contribution in [2.24, 2.45) is 5.84 Å². The molecule has 3 rings (SSSR count). The molecule has 0 fully saturated rings. The van der Waals surface area contributed by atoms with Crippen molar-refractivity contribution < 1.29 is 4.74 Å². The number of hydrogen-bond donors (Lipinski definition) is 2. The average molecular weight is 309 g/mol. The van der Waals surface area contributed by atoms with E-state index in [0.717, 1.165) is 29.9 Å². The molecule has 1 aliphatic rings. The molecule has 0 saturated heterocycles. The second-order valence-electron chi connectivity index (χ2n) is 4.77. The summed E-state index contributed by atoms with van der Waals surface area (Å²) in [4.78, 5) is 0. The highest BCUT2D eigenvalue weighted by Crippen LogP contribution is 2.32. The predicted octanol–water partition coefficient (Wildman–Crippen LogP) is 3.48. The van der Waals surface area contributed by atoms with E-state index in [9.17, 15) is 0 Å². The number of halogens is 2. The van der Waals surface area contributed by atoms with Crippen molar-refractivity contribution in [3.05, 3.63) is 63.1 Å². The molecule has 1 heterocycles. The van der Waals surface area contributed by atoms with Gasteiger partial charge in [0.25, 0.3) is 0 Å². The number of rotatable bonds is 3. The molecule has 20 heavy (non-hydrogen) atoms. The second-order valence-corrected chi connectivity index (χ2v) is 5.64. The quantitative estimate of drug-likeness (QED) is 0.674. The summed E-state index contributed by atoms with van der Waals surface area (Å²) in [5, 5.41) is 1.19. The van der Waals surface area contributed by atoms with Gasteiger partial charge in [0.2, 0.25) is 0 Å². The van der Waals surface area contributed by atoms with E-state index < -0.39 is 0 Å². The van der Waals surface area contributed by atoms with Crippen LogP contribution in [0, 0.1) is 0 Å². The Morgan fingerprint density at radius 1 is 1.05 bits per heavy atom. The van der Waals surface area contributed by atoms with E-state index in [1.54, 1.807) is 6.07 Å². The fourth-order valence-corrected chi connectivity index (χ4v) is 3.06. The molecule has 2 aromatic rings. The number of hydrazine groups is 1. The van der Waals surface area contributed by atoms with E-state index in [1.807, 2.05) is 24.3 Å². The minimum Gasteiger partial charge on any atom is -0.493 e. The van der Waals surface area contributed by atoms with Crippen molar-refractivity contribution in [1.29, 1.82) is 0 Å². The molecule has 5 heteroatoms. The number of nitrogens with two attached hydrogens (primary N) is 1. The molecular formula is C15H14Cl2N2O. The summed E-state index contributed by atoms with van der Waals surface area (Å²) >= 11 is 12.1. The van der Waals surface area contributed by atoms with Crippen molar-refractivity contribution in [2.75, 3.05) is 6.61 Å². The maximum absolute atomic E-state index is 6.06. The van der Waals surface area contributed by atoms with Gasteiger partial charge < -0.3 is 4.74 Å². The minimum atomic E-state index is -0.155. The standard InChI is InChI=1S/C15H14Cl2N2O/c16-12-6-11(7-13(17)8-12)15(19-18)10-1-2-14-9(5-10)3-4-20-14/h1-2,5-8,15,19H,3-4,18H2. The lowest BCUT2D eigenvalue weighted by Crippen LogP contribution is -2.28. The van der Waals surface area contributed by atoms with Crippen LogP contribution in [0.2, 0.25) is 10.0 Å². The van der Waals surface area contributed by atoms with Crippen LogP contribution in [-0.4, -0.2) is 6.61 Å². The van der Waals surface area contributed by atoms with Crippen LogP contribution in [0.15, 0.2) is 36.4 Å². The Morgan fingerprint density at radius 3 is 2.50 bits per heavy atom. The van der Waals surface area contributed by atoms with E-state index in [2.05, 4.69) is 11.5 Å². The highest BCUT2D eigenvalue weighted by atomic mass is 35.5. The van der Waals surface area contributed by atoms with Crippen LogP contribution < -0.4 is 16.0 Å². The molecule has 3 N–H and O–H groups in total. The smallest absolute Gasteiger partial charge is 0.122 e. The van der Waals surface area contributed by atoms with Gasteiger partial charge in [0.15, 0.2) is 0 Å². The van der Waals surface area contributed by atoms with Crippen LogP contribution in [0.4, 0.5) is 0 Å². The zero-order valence-corrected chi connectivity index (χ0v) is 12.2. The third kappa shape index (κ3) is 2.63. The molecule has 0 spiro atoms. The van der Waals surface area contributed by atoms with Gasteiger partial charge in [0, 0.05) is 16.5 Å². The van der Waals surface area contributed by atoms with Gasteiger partial charge in [-0.1, -0.05) is 35.3 Å². The summed E-state index contributed by atoms with van der Waals surface area (Å²) < 4.78 is 5.52. The summed E-state index contributed by atoms with van der Waals surface area (Å²) in [5.41, 5.74) is 6.03. The number of benzene rings is 2. The normalized spacial score (nSPS) is 14.8. The van der Waals surface area contributed by atoms with Crippen molar-refractivity contribution in [1.82, 2.24) is 5.43 Å². The fraction of sp³-hybridized carbons (Fsp3) is 0.200. The van der Waals surface area contributed by atoms with Gasteiger partial charge in [-0.2, -0.15) is 0 Å². The van der Waals surface area contributed by atoms with Crippen molar-refractivity contribution in [3.8, 4) is 5.75 Å². The van der Waals surface area contributed by atoms with Gasteiger partial charge in [-0.25, -0.2) is 5.43 Å². The Balaban J connectivity index is 2.01. The highest BCUT2D eigenvalue weighted by molar-refractivity contribution is 6.34. The molecule has 0 bridgehead atoms. The van der Waals surface area contributed by atoms with Gasteiger partial charge in [0.05, 0.1) is 12.6 Å². The number of ether oxygens (including phenoxy) is 1. The van der Waals surface area contributed by atoms with Gasteiger partial charge in [-0.3, -0.25) is 5.84 Å². The largest absolute Gasteiger partial charge is 0.493 e. The van der Waals surface area contributed by atoms with E-state index in [1.165, 1.54) is 5.56 Å². The van der Waals surface area contributed by atoms with Crippen molar-refractivity contribution in [2.45, 2.75) is 12.5 Å². The molecule has 104 valence electrons. The van der Waals surface area contributed by atoms with E-state index in [4.69, 9.17) is 33.8 Å². The maximum Gasteiger partial charge on any atom is 0.122 e. The Hall–Kier alpha value is -1.26. The molecule has 0 aromatic heterocycles. The van der Waals surface area contributed by atoms with Crippen LogP contribution in [0.3, 0.4) is 0 Å². The first-order valence-electron chi connectivity index (χ1n) is 6.35. The molecule has 0 aliphatic carbocycles. The Kier molecular flexibility index (Phi) is 3.85. The van der Waals surface area contributed by atoms with Crippen LogP contribution in [-0.2, 0) is 6.42 Å². The van der Waals surface area contributed by atoms with Gasteiger partial charge in [-0.15, -0.1) is 0 Å². The Morgan fingerprint density at radius 2 is 1.80 bits per heavy atom. The van der Waals surface area contributed by atoms with Crippen LogP contribution >= 0.6 is 23.2 Å². The zero-order chi connectivity index (χ0) is 14.1. The molecule has 0 saturated carbocycles. The predicted molar refractivity (Wildman–Crippen MR) is 81.3 cm³/mol. The number of fused-ring (bicyclic) bond motifs is 1. The zero-order valence-electron chi connectivity index (χ0n) is 10.7. The van der Waals surface area contributed by atoms with Gasteiger partial charge in [-0.05, 0) is 41.0 Å². The molecule has 0 amide bonds. The highest BCUT2D eigenvalue weighted by Gasteiger charge is 2.18. The van der Waals surface area contributed by atoms with Crippen LogP contribution in [0.25, 0.3) is 0 Å². The van der Waals surface area contributed by atoms with Gasteiger partial charge >= 0.3 is 0 Å². The summed E-state index contributed by atoms with van der Waals surface area (Å²) in [6.07, 6.45) is 0.927.